The summed E-state index contributed by atoms with van der Waals surface area (Å²) in [6.07, 6.45) is 6.96. The molecule has 2 aromatic rings. The fourth-order valence-corrected chi connectivity index (χ4v) is 5.05. The van der Waals surface area contributed by atoms with Gasteiger partial charge in [-0.2, -0.15) is 5.10 Å². The minimum absolute atomic E-state index is 0.0312. The number of likely N-dealkylation sites (tertiary alicyclic amines) is 1. The molecule has 2 aliphatic heterocycles. The van der Waals surface area contributed by atoms with Crippen LogP contribution in [0.25, 0.3) is 11.3 Å². The van der Waals surface area contributed by atoms with Gasteiger partial charge in [0, 0.05) is 23.7 Å². The first-order valence-corrected chi connectivity index (χ1v) is 12.4. The first kappa shape index (κ1) is 23.8. The first-order valence-electron chi connectivity index (χ1n) is 12.1. The van der Waals surface area contributed by atoms with Crippen LogP contribution < -0.4 is 0 Å². The second kappa shape index (κ2) is 10.7. The molecule has 33 heavy (non-hydrogen) atoms. The van der Waals surface area contributed by atoms with Gasteiger partial charge in [0.1, 0.15) is 12.2 Å². The summed E-state index contributed by atoms with van der Waals surface area (Å²) in [5.41, 5.74) is 2.17. The largest absolute Gasteiger partial charge is 0.394 e. The normalized spacial score (nSPS) is 20.8. The SMILES string of the molecule is CCCCCC1CN(CC(=O)N2CCCCC2CO)C(=O)c2cc(-c3ccc(Cl)cc3)nn21. The molecule has 1 fully saturated rings. The summed E-state index contributed by atoms with van der Waals surface area (Å²) < 4.78 is 1.86. The quantitative estimate of drug-likeness (QED) is 0.585. The fourth-order valence-electron chi connectivity index (χ4n) is 4.92. The highest BCUT2D eigenvalue weighted by Gasteiger charge is 2.35. The number of hydrogen-bond acceptors (Lipinski definition) is 4. The number of aromatic nitrogens is 2. The van der Waals surface area contributed by atoms with Crippen molar-refractivity contribution in [3.05, 3.63) is 41.0 Å². The van der Waals surface area contributed by atoms with E-state index in [0.29, 0.717) is 23.8 Å². The van der Waals surface area contributed by atoms with Gasteiger partial charge in [-0.25, -0.2) is 0 Å². The number of aliphatic hydroxyl groups excluding tert-OH is 1. The van der Waals surface area contributed by atoms with E-state index in [0.717, 1.165) is 56.2 Å². The number of piperidine rings is 1. The van der Waals surface area contributed by atoms with Crippen LogP contribution in [0.5, 0.6) is 0 Å². The maximum absolute atomic E-state index is 13.4. The van der Waals surface area contributed by atoms with Crippen molar-refractivity contribution in [1.29, 1.82) is 0 Å². The van der Waals surface area contributed by atoms with E-state index in [-0.39, 0.29) is 37.0 Å². The predicted octanol–water partition coefficient (Wildman–Crippen LogP) is 4.15. The van der Waals surface area contributed by atoms with E-state index in [1.807, 2.05) is 35.0 Å². The number of unbranched alkanes of at least 4 members (excludes halogenated alkanes) is 2. The van der Waals surface area contributed by atoms with Crippen LogP contribution in [0.2, 0.25) is 5.02 Å². The molecular formula is C25H33ClN4O3. The number of halogens is 1. The van der Waals surface area contributed by atoms with Crippen LogP contribution in [0, 0.1) is 0 Å². The predicted molar refractivity (Wildman–Crippen MR) is 128 cm³/mol. The molecule has 0 saturated carbocycles. The van der Waals surface area contributed by atoms with Gasteiger partial charge < -0.3 is 14.9 Å². The molecule has 2 atom stereocenters. The maximum Gasteiger partial charge on any atom is 0.272 e. The molecular weight excluding hydrogens is 440 g/mol. The zero-order valence-corrected chi connectivity index (χ0v) is 20.0. The van der Waals surface area contributed by atoms with Gasteiger partial charge in [-0.05, 0) is 43.9 Å². The number of hydrogen-bond donors (Lipinski definition) is 1. The van der Waals surface area contributed by atoms with E-state index < -0.39 is 0 Å². The van der Waals surface area contributed by atoms with Crippen molar-refractivity contribution in [2.75, 3.05) is 26.2 Å². The molecule has 1 saturated heterocycles. The monoisotopic (exact) mass is 472 g/mol. The molecule has 4 rings (SSSR count). The summed E-state index contributed by atoms with van der Waals surface area (Å²) >= 11 is 6.03. The Morgan fingerprint density at radius 1 is 1.18 bits per heavy atom. The lowest BCUT2D eigenvalue weighted by atomic mass is 10.0. The number of carbonyl (C=O) groups excluding carboxylic acids is 2. The van der Waals surface area contributed by atoms with Gasteiger partial charge in [0.15, 0.2) is 0 Å². The smallest absolute Gasteiger partial charge is 0.272 e. The van der Waals surface area contributed by atoms with Crippen molar-refractivity contribution in [2.24, 2.45) is 0 Å². The summed E-state index contributed by atoms with van der Waals surface area (Å²) in [4.78, 5) is 29.9. The highest BCUT2D eigenvalue weighted by Crippen LogP contribution is 2.30. The standard InChI is InChI=1S/C25H33ClN4O3/c1-2-3-4-7-20-15-28(16-24(32)29-13-6-5-8-21(29)17-31)25(33)23-14-22(27-30(20)23)18-9-11-19(26)12-10-18/h9-12,14,20-21,31H,2-8,13,15-17H2,1H3. The summed E-state index contributed by atoms with van der Waals surface area (Å²) in [7, 11) is 0. The first-order chi connectivity index (χ1) is 16.0. The number of benzene rings is 1. The Kier molecular flexibility index (Phi) is 7.71. The number of carbonyl (C=O) groups is 2. The second-order valence-corrected chi connectivity index (χ2v) is 9.56. The van der Waals surface area contributed by atoms with E-state index in [1.165, 1.54) is 0 Å². The minimum Gasteiger partial charge on any atom is -0.394 e. The zero-order valence-electron chi connectivity index (χ0n) is 19.3. The molecule has 2 unspecified atom stereocenters. The third-order valence-electron chi connectivity index (χ3n) is 6.78. The number of rotatable bonds is 8. The molecule has 2 aliphatic rings. The van der Waals surface area contributed by atoms with Gasteiger partial charge >= 0.3 is 0 Å². The zero-order chi connectivity index (χ0) is 23.4. The van der Waals surface area contributed by atoms with Crippen molar-refractivity contribution < 1.29 is 14.7 Å². The van der Waals surface area contributed by atoms with Gasteiger partial charge in [-0.3, -0.25) is 14.3 Å². The Balaban J connectivity index is 1.57. The Hall–Kier alpha value is -2.38. The molecule has 3 heterocycles. The van der Waals surface area contributed by atoms with Crippen molar-refractivity contribution in [2.45, 2.75) is 64.0 Å². The number of amides is 2. The molecule has 0 aliphatic carbocycles. The lowest BCUT2D eigenvalue weighted by Crippen LogP contribution is -2.52. The Morgan fingerprint density at radius 2 is 1.97 bits per heavy atom. The molecule has 7 nitrogen and oxygen atoms in total. The van der Waals surface area contributed by atoms with Gasteiger partial charge in [-0.1, -0.05) is 49.9 Å². The van der Waals surface area contributed by atoms with Crippen LogP contribution in [0.3, 0.4) is 0 Å². The number of nitrogens with zero attached hydrogens (tertiary/aromatic N) is 4. The molecule has 0 radical (unpaired) electrons. The van der Waals surface area contributed by atoms with Gasteiger partial charge in [0.25, 0.3) is 5.91 Å². The second-order valence-electron chi connectivity index (χ2n) is 9.12. The summed E-state index contributed by atoms with van der Waals surface area (Å²) in [5.74, 6) is -0.249. The highest BCUT2D eigenvalue weighted by atomic mass is 35.5. The van der Waals surface area contributed by atoms with Crippen LogP contribution in [-0.2, 0) is 4.79 Å². The molecule has 0 spiro atoms. The third-order valence-corrected chi connectivity index (χ3v) is 7.04. The molecule has 1 aromatic carbocycles. The van der Waals surface area contributed by atoms with Gasteiger partial charge in [-0.15, -0.1) is 0 Å². The van der Waals surface area contributed by atoms with E-state index in [1.54, 1.807) is 9.80 Å². The molecule has 1 aromatic heterocycles. The van der Waals surface area contributed by atoms with Crippen LogP contribution in [-0.4, -0.2) is 68.8 Å². The van der Waals surface area contributed by atoms with Crippen LogP contribution >= 0.6 is 11.6 Å². The average molecular weight is 473 g/mol. The van der Waals surface area contributed by atoms with E-state index in [9.17, 15) is 14.7 Å². The maximum atomic E-state index is 13.4. The fraction of sp³-hybridized carbons (Fsp3) is 0.560. The summed E-state index contributed by atoms with van der Waals surface area (Å²) in [6.45, 7) is 3.30. The van der Waals surface area contributed by atoms with E-state index >= 15 is 0 Å². The lowest BCUT2D eigenvalue weighted by molar-refractivity contribution is -0.136. The van der Waals surface area contributed by atoms with Crippen LogP contribution in [0.4, 0.5) is 0 Å². The molecule has 2 amide bonds. The van der Waals surface area contributed by atoms with Gasteiger partial charge in [0.2, 0.25) is 5.91 Å². The van der Waals surface area contributed by atoms with Crippen molar-refractivity contribution in [3.63, 3.8) is 0 Å². The Morgan fingerprint density at radius 3 is 2.70 bits per heavy atom. The molecule has 178 valence electrons. The van der Waals surface area contributed by atoms with E-state index in [4.69, 9.17) is 16.7 Å². The lowest BCUT2D eigenvalue weighted by Gasteiger charge is -2.38. The van der Waals surface area contributed by atoms with Crippen molar-refractivity contribution in [3.8, 4) is 11.3 Å². The average Bonchev–Trinajstić information content (AvgIpc) is 3.28. The molecule has 8 heteroatoms. The Labute approximate surface area is 200 Å². The molecule has 1 N–H and O–H groups in total. The third kappa shape index (κ3) is 5.25. The highest BCUT2D eigenvalue weighted by molar-refractivity contribution is 6.30. The van der Waals surface area contributed by atoms with Crippen LogP contribution in [0.1, 0.15) is 68.4 Å². The van der Waals surface area contributed by atoms with E-state index in [2.05, 4.69) is 6.92 Å². The molecule has 0 bridgehead atoms. The summed E-state index contributed by atoms with van der Waals surface area (Å²) in [5, 5.41) is 15.1. The number of fused-ring (bicyclic) bond motifs is 1. The Bertz CT molecular complexity index is 975. The number of aliphatic hydroxyl groups is 1. The van der Waals surface area contributed by atoms with Crippen molar-refractivity contribution >= 4 is 23.4 Å². The topological polar surface area (TPSA) is 78.7 Å². The minimum atomic E-state index is -0.166. The van der Waals surface area contributed by atoms with Crippen LogP contribution in [0.15, 0.2) is 30.3 Å². The van der Waals surface area contributed by atoms with Gasteiger partial charge in [0.05, 0.1) is 24.4 Å². The summed E-state index contributed by atoms with van der Waals surface area (Å²) in [6, 6.07) is 9.15. The van der Waals surface area contributed by atoms with Crippen molar-refractivity contribution in [1.82, 2.24) is 19.6 Å².